The van der Waals surface area contributed by atoms with Crippen molar-refractivity contribution in [3.63, 3.8) is 0 Å². The number of Topliss-reactive ketones (excluding diaryl/α,β-unsaturated/α-hetero) is 1. The Morgan fingerprint density at radius 2 is 2.22 bits per heavy atom. The summed E-state index contributed by atoms with van der Waals surface area (Å²) >= 11 is 5.94. The second-order valence-corrected chi connectivity index (χ2v) is 9.39. The van der Waals surface area contributed by atoms with Gasteiger partial charge in [0.15, 0.2) is 5.78 Å². The summed E-state index contributed by atoms with van der Waals surface area (Å²) < 4.78 is 13.8. The first-order chi connectivity index (χ1) is 15.2. The van der Waals surface area contributed by atoms with E-state index in [1.54, 1.807) is 20.2 Å². The smallest absolute Gasteiger partial charge is 0.158 e. The maximum absolute atomic E-state index is 13.8. The highest BCUT2D eigenvalue weighted by atomic mass is 35.5. The molecule has 0 aliphatic carbocycles. The first kappa shape index (κ1) is 22.5. The highest BCUT2D eigenvalue weighted by Gasteiger charge is 2.35. The molecule has 7 nitrogen and oxygen atoms in total. The third kappa shape index (κ3) is 5.02. The number of piperidine rings is 1. The minimum absolute atomic E-state index is 0.114. The second kappa shape index (κ2) is 9.03. The average molecular weight is 460 g/mol. The molecule has 4 rings (SSSR count). The predicted octanol–water partition coefficient (Wildman–Crippen LogP) is 4.18. The summed E-state index contributed by atoms with van der Waals surface area (Å²) in [5, 5.41) is 14.8. The number of carbonyl (C=O) groups excluding carboxylic acids is 1. The van der Waals surface area contributed by atoms with Gasteiger partial charge in [-0.05, 0) is 56.9 Å². The van der Waals surface area contributed by atoms with Gasteiger partial charge in [0.1, 0.15) is 29.7 Å². The molecule has 0 bridgehead atoms. The molecule has 9 heteroatoms. The van der Waals surface area contributed by atoms with Crippen LogP contribution in [0.2, 0.25) is 5.02 Å². The van der Waals surface area contributed by atoms with E-state index in [1.807, 2.05) is 12.3 Å². The van der Waals surface area contributed by atoms with Crippen LogP contribution in [0.1, 0.15) is 33.1 Å². The van der Waals surface area contributed by atoms with Crippen molar-refractivity contribution in [1.82, 2.24) is 15.0 Å². The first-order valence-corrected chi connectivity index (χ1v) is 11.1. The van der Waals surface area contributed by atoms with E-state index < -0.39 is 17.5 Å². The fraction of sp³-hybridized carbons (Fsp3) is 0.435. The molecule has 0 amide bonds. The Kier molecular flexibility index (Phi) is 6.35. The fourth-order valence-electron chi connectivity index (χ4n) is 4.39. The number of hydrogen-bond acceptors (Lipinski definition) is 6. The summed E-state index contributed by atoms with van der Waals surface area (Å²) in [5.74, 6) is 0.341. The number of anilines is 2. The van der Waals surface area contributed by atoms with Gasteiger partial charge in [-0.3, -0.25) is 4.79 Å². The van der Waals surface area contributed by atoms with Gasteiger partial charge in [-0.25, -0.2) is 14.4 Å². The van der Waals surface area contributed by atoms with E-state index in [0.717, 1.165) is 36.2 Å². The molecule has 170 valence electrons. The number of carbonyl (C=O) groups is 1. The normalized spacial score (nSPS) is 18.0. The summed E-state index contributed by atoms with van der Waals surface area (Å²) in [6.07, 6.45) is 5.53. The second-order valence-electron chi connectivity index (χ2n) is 8.95. The Labute approximate surface area is 191 Å². The topological polar surface area (TPSA) is 94.1 Å². The molecule has 3 N–H and O–H groups in total. The van der Waals surface area contributed by atoms with Crippen LogP contribution in [-0.2, 0) is 4.79 Å². The van der Waals surface area contributed by atoms with E-state index in [9.17, 15) is 14.3 Å². The minimum atomic E-state index is -1.34. The monoisotopic (exact) mass is 459 g/mol. The summed E-state index contributed by atoms with van der Waals surface area (Å²) in [7, 11) is 0. The third-order valence-corrected chi connectivity index (χ3v) is 6.06. The average Bonchev–Trinajstić information content (AvgIpc) is 3.19. The van der Waals surface area contributed by atoms with Crippen LogP contribution in [0.15, 0.2) is 36.8 Å². The Morgan fingerprint density at radius 1 is 1.41 bits per heavy atom. The van der Waals surface area contributed by atoms with Gasteiger partial charge in [0.2, 0.25) is 0 Å². The standard InChI is InChI=1S/C23H27ClFN5O2/c1-23(2,32)20(29-17-10-15(24)9-16(25)11-17)19(31)8-14-4-3-7-30(12-14)22-18-5-6-26-21(18)27-13-28-22/h5-6,9-11,13-14,20,29,32H,3-4,7-8,12H2,1-2H3,(H,26,27,28)/t14-,20-/m0/s1. The van der Waals surface area contributed by atoms with Crippen LogP contribution < -0.4 is 10.2 Å². The summed E-state index contributed by atoms with van der Waals surface area (Å²) in [6.45, 7) is 4.69. The van der Waals surface area contributed by atoms with Crippen molar-refractivity contribution < 1.29 is 14.3 Å². The number of H-pyrrole nitrogens is 1. The molecule has 1 aromatic carbocycles. The number of rotatable bonds is 7. The lowest BCUT2D eigenvalue weighted by molar-refractivity contribution is -0.125. The van der Waals surface area contributed by atoms with Gasteiger partial charge in [0.25, 0.3) is 0 Å². The number of nitrogens with one attached hydrogen (secondary N) is 2. The zero-order valence-electron chi connectivity index (χ0n) is 18.1. The van der Waals surface area contributed by atoms with Gasteiger partial charge < -0.3 is 20.3 Å². The highest BCUT2D eigenvalue weighted by Crippen LogP contribution is 2.30. The molecular weight excluding hydrogens is 433 g/mol. The Balaban J connectivity index is 1.48. The number of aliphatic hydroxyl groups is 1. The van der Waals surface area contributed by atoms with Crippen molar-refractivity contribution in [1.29, 1.82) is 0 Å². The van der Waals surface area contributed by atoms with Crippen LogP contribution in [0.25, 0.3) is 11.0 Å². The summed E-state index contributed by atoms with van der Waals surface area (Å²) in [4.78, 5) is 27.3. The van der Waals surface area contributed by atoms with Crippen molar-refractivity contribution in [3.05, 3.63) is 47.6 Å². The number of fused-ring (bicyclic) bond motifs is 1. The number of hydrogen-bond donors (Lipinski definition) is 3. The molecule has 0 radical (unpaired) electrons. The predicted molar refractivity (Wildman–Crippen MR) is 124 cm³/mol. The van der Waals surface area contributed by atoms with Crippen molar-refractivity contribution in [3.8, 4) is 0 Å². The number of ketones is 1. The maximum atomic E-state index is 13.8. The van der Waals surface area contributed by atoms with E-state index in [0.29, 0.717) is 18.7 Å². The van der Waals surface area contributed by atoms with Gasteiger partial charge in [-0.15, -0.1) is 0 Å². The van der Waals surface area contributed by atoms with Crippen LogP contribution >= 0.6 is 11.6 Å². The number of benzene rings is 1. The molecular formula is C23H27ClFN5O2. The molecule has 3 heterocycles. The third-order valence-electron chi connectivity index (χ3n) is 5.84. The zero-order chi connectivity index (χ0) is 22.9. The fourth-order valence-corrected chi connectivity index (χ4v) is 4.61. The molecule has 0 unspecified atom stereocenters. The first-order valence-electron chi connectivity index (χ1n) is 10.7. The van der Waals surface area contributed by atoms with Crippen LogP contribution in [0, 0.1) is 11.7 Å². The molecule has 32 heavy (non-hydrogen) atoms. The van der Waals surface area contributed by atoms with E-state index in [2.05, 4.69) is 25.2 Å². The van der Waals surface area contributed by atoms with E-state index >= 15 is 0 Å². The van der Waals surface area contributed by atoms with Crippen LogP contribution in [-0.4, -0.2) is 50.6 Å². The van der Waals surface area contributed by atoms with Crippen molar-refractivity contribution >= 4 is 39.9 Å². The zero-order valence-corrected chi connectivity index (χ0v) is 18.9. The van der Waals surface area contributed by atoms with Crippen LogP contribution in [0.5, 0.6) is 0 Å². The SMILES string of the molecule is CC(C)(O)[C@@H](Nc1cc(F)cc(Cl)c1)C(=O)C[C@@H]1CCCN(c2ncnc3[nH]ccc23)C1. The molecule has 0 spiro atoms. The largest absolute Gasteiger partial charge is 0.388 e. The molecule has 1 aliphatic rings. The van der Waals surface area contributed by atoms with Gasteiger partial charge >= 0.3 is 0 Å². The maximum Gasteiger partial charge on any atom is 0.158 e. The van der Waals surface area contributed by atoms with E-state index in [1.165, 1.54) is 18.2 Å². The lowest BCUT2D eigenvalue weighted by atomic mass is 9.86. The molecule has 2 atom stereocenters. The molecule has 0 saturated carbocycles. The summed E-state index contributed by atoms with van der Waals surface area (Å²) in [6, 6.07) is 5.05. The Morgan fingerprint density at radius 3 is 2.97 bits per heavy atom. The molecule has 1 aliphatic heterocycles. The number of nitrogens with zero attached hydrogens (tertiary/aromatic N) is 3. The number of aromatic nitrogens is 3. The van der Waals surface area contributed by atoms with Gasteiger partial charge in [0.05, 0.1) is 11.0 Å². The van der Waals surface area contributed by atoms with Crippen LogP contribution in [0.3, 0.4) is 0 Å². The van der Waals surface area contributed by atoms with Crippen molar-refractivity contribution in [2.45, 2.75) is 44.8 Å². The number of halogens is 2. The summed E-state index contributed by atoms with van der Waals surface area (Å²) in [5.41, 5.74) is -0.196. The Hall–Kier alpha value is -2.71. The van der Waals surface area contributed by atoms with Crippen molar-refractivity contribution in [2.24, 2.45) is 5.92 Å². The van der Waals surface area contributed by atoms with Gasteiger partial charge in [-0.1, -0.05) is 11.6 Å². The minimum Gasteiger partial charge on any atom is -0.388 e. The Bertz CT molecular complexity index is 1090. The molecule has 1 saturated heterocycles. The lowest BCUT2D eigenvalue weighted by Crippen LogP contribution is -2.49. The molecule has 1 fully saturated rings. The number of aromatic amines is 1. The quantitative estimate of drug-likeness (QED) is 0.490. The van der Waals surface area contributed by atoms with Crippen LogP contribution in [0.4, 0.5) is 15.9 Å². The molecule has 2 aromatic heterocycles. The van der Waals surface area contributed by atoms with Gasteiger partial charge in [0, 0.05) is 36.4 Å². The molecule has 3 aromatic rings. The van der Waals surface area contributed by atoms with Gasteiger partial charge in [-0.2, -0.15) is 0 Å². The highest BCUT2D eigenvalue weighted by molar-refractivity contribution is 6.30. The van der Waals surface area contributed by atoms with E-state index in [4.69, 9.17) is 11.6 Å². The van der Waals surface area contributed by atoms with E-state index in [-0.39, 0.29) is 16.7 Å². The lowest BCUT2D eigenvalue weighted by Gasteiger charge is -2.35. The van der Waals surface area contributed by atoms with Crippen molar-refractivity contribution in [2.75, 3.05) is 23.3 Å².